The average Bonchev–Trinajstić information content (AvgIpc) is 2.53. The van der Waals surface area contributed by atoms with Gasteiger partial charge in [0.15, 0.2) is 0 Å². The van der Waals surface area contributed by atoms with E-state index in [1.807, 2.05) is 41.5 Å². The third-order valence-electron chi connectivity index (χ3n) is 3.05. The molecule has 0 saturated carbocycles. The van der Waals surface area contributed by atoms with Crippen LogP contribution in [-0.2, 0) is 16.8 Å². The molecule has 6 nitrogen and oxygen atoms in total. The van der Waals surface area contributed by atoms with Gasteiger partial charge in [-0.2, -0.15) is 0 Å². The van der Waals surface area contributed by atoms with Crippen LogP contribution in [0.5, 0.6) is 11.5 Å². The molecule has 0 atom stereocenters. The van der Waals surface area contributed by atoms with Crippen LogP contribution in [-0.4, -0.2) is 23.1 Å². The first-order chi connectivity index (χ1) is 12.8. The Morgan fingerprint density at radius 2 is 0.931 bits per heavy atom. The molecule has 2 aromatic carbocycles. The Kier molecular flexibility index (Phi) is 9.93. The zero-order valence-corrected chi connectivity index (χ0v) is 18.4. The number of para-hydroxylation sites is 2. The fraction of sp³-hybridized carbons (Fsp3) is 0.364. The smallest absolute Gasteiger partial charge is 0.545 e. The minimum atomic E-state index is -1.22. The molecule has 0 saturated heterocycles. The summed E-state index contributed by atoms with van der Waals surface area (Å²) in [4.78, 5) is 21.4. The van der Waals surface area contributed by atoms with Crippen LogP contribution in [0.4, 0.5) is 0 Å². The van der Waals surface area contributed by atoms with Crippen LogP contribution >= 0.6 is 0 Å². The average molecular weight is 445 g/mol. The second-order valence-corrected chi connectivity index (χ2v) is 8.00. The van der Waals surface area contributed by atoms with Crippen molar-refractivity contribution < 1.29 is 46.1 Å². The molecule has 1 radical (unpaired) electrons. The van der Waals surface area contributed by atoms with E-state index in [2.05, 4.69) is 0 Å². The number of ether oxygens (including phenoxy) is 2. The molecule has 2 aromatic rings. The summed E-state index contributed by atoms with van der Waals surface area (Å²) in [5, 5.41) is 21.4. The second kappa shape index (κ2) is 10.9. The number of carboxylic acids is 2. The molecule has 0 aliphatic rings. The molecule has 0 bridgehead atoms. The predicted molar refractivity (Wildman–Crippen MR) is 102 cm³/mol. The third-order valence-corrected chi connectivity index (χ3v) is 3.05. The van der Waals surface area contributed by atoms with E-state index in [1.165, 1.54) is 12.1 Å². The van der Waals surface area contributed by atoms with E-state index in [-0.39, 0.29) is 27.9 Å². The Balaban J connectivity index is 0.000000523. The van der Waals surface area contributed by atoms with Crippen LogP contribution in [0.25, 0.3) is 0 Å². The number of carboxylic acid groups (broad SMARTS) is 2. The predicted octanol–water partition coefficient (Wildman–Crippen LogP) is 2.45. The maximum atomic E-state index is 10.7. The van der Waals surface area contributed by atoms with Crippen LogP contribution in [0.2, 0.25) is 0 Å². The summed E-state index contributed by atoms with van der Waals surface area (Å²) < 4.78 is 10.9. The van der Waals surface area contributed by atoms with Gasteiger partial charge in [-0.15, -0.1) is 0 Å². The Labute approximate surface area is 182 Å². The van der Waals surface area contributed by atoms with E-state index in [0.29, 0.717) is 11.5 Å². The van der Waals surface area contributed by atoms with Crippen LogP contribution in [0.3, 0.4) is 0 Å². The third kappa shape index (κ3) is 10.0. The molecule has 29 heavy (non-hydrogen) atoms. The van der Waals surface area contributed by atoms with E-state index < -0.39 is 23.1 Å². The SMILES string of the molecule is CC(C)(C)Oc1ccccc1C(=O)[O-].CC(C)(C)Oc1ccccc1C(=O)[O-].[Co+2]. The monoisotopic (exact) mass is 445 g/mol. The zero-order chi connectivity index (χ0) is 21.5. The molecule has 0 spiro atoms. The number of benzene rings is 2. The Hall–Kier alpha value is -2.51. The molecule has 0 amide bonds. The molecule has 0 fully saturated rings. The van der Waals surface area contributed by atoms with E-state index >= 15 is 0 Å². The summed E-state index contributed by atoms with van der Waals surface area (Å²) >= 11 is 0. The Morgan fingerprint density at radius 1 is 0.655 bits per heavy atom. The largest absolute Gasteiger partial charge is 2.00 e. The summed E-state index contributed by atoms with van der Waals surface area (Å²) in [5.74, 6) is -1.74. The first-order valence-corrected chi connectivity index (χ1v) is 8.79. The van der Waals surface area contributed by atoms with Crippen molar-refractivity contribution in [3.05, 3.63) is 59.7 Å². The molecule has 159 valence electrons. The molecule has 7 heteroatoms. The van der Waals surface area contributed by atoms with Crippen LogP contribution in [0, 0.1) is 0 Å². The first kappa shape index (κ1) is 26.5. The van der Waals surface area contributed by atoms with Gasteiger partial charge in [-0.25, -0.2) is 0 Å². The van der Waals surface area contributed by atoms with E-state index in [0.717, 1.165) is 0 Å². The van der Waals surface area contributed by atoms with Gasteiger partial charge >= 0.3 is 16.8 Å². The van der Waals surface area contributed by atoms with Crippen molar-refractivity contribution in [1.29, 1.82) is 0 Å². The minimum Gasteiger partial charge on any atom is -0.545 e. The van der Waals surface area contributed by atoms with Gasteiger partial charge in [-0.05, 0) is 65.8 Å². The maximum Gasteiger partial charge on any atom is 2.00 e. The standard InChI is InChI=1S/2C11H14O3.Co/c2*1-11(2,3)14-9-7-5-4-6-8(9)10(12)13;/h2*4-7H,1-3H3,(H,12,13);/q;;+2/p-2. The van der Waals surface area contributed by atoms with E-state index in [9.17, 15) is 19.8 Å². The summed E-state index contributed by atoms with van der Waals surface area (Å²) in [6.45, 7) is 11.2. The van der Waals surface area contributed by atoms with Gasteiger partial charge in [-0.3, -0.25) is 0 Å². The van der Waals surface area contributed by atoms with Crippen molar-refractivity contribution in [2.24, 2.45) is 0 Å². The summed E-state index contributed by atoms with van der Waals surface area (Å²) in [7, 11) is 0. The quantitative estimate of drug-likeness (QED) is 0.717. The molecule has 0 heterocycles. The van der Waals surface area contributed by atoms with Gasteiger partial charge in [0.1, 0.15) is 22.7 Å². The number of hydrogen-bond donors (Lipinski definition) is 0. The first-order valence-electron chi connectivity index (χ1n) is 8.79. The van der Waals surface area contributed by atoms with Crippen molar-refractivity contribution in [2.75, 3.05) is 0 Å². The molecular formula is C22H26CoO6. The topological polar surface area (TPSA) is 98.7 Å². The normalized spacial score (nSPS) is 10.7. The molecule has 2 rings (SSSR count). The van der Waals surface area contributed by atoms with E-state index in [1.54, 1.807) is 36.4 Å². The summed E-state index contributed by atoms with van der Waals surface area (Å²) in [6.07, 6.45) is 0. The number of hydrogen-bond acceptors (Lipinski definition) is 6. The van der Waals surface area contributed by atoms with Crippen molar-refractivity contribution in [3.63, 3.8) is 0 Å². The summed E-state index contributed by atoms with van der Waals surface area (Å²) in [5.41, 5.74) is -0.651. The molecule has 0 aliphatic heterocycles. The van der Waals surface area contributed by atoms with Gasteiger partial charge in [0.2, 0.25) is 0 Å². The van der Waals surface area contributed by atoms with Gasteiger partial charge < -0.3 is 29.3 Å². The minimum absolute atomic E-state index is 0. The molecule has 0 N–H and O–H groups in total. The van der Waals surface area contributed by atoms with Gasteiger partial charge in [0.25, 0.3) is 0 Å². The second-order valence-electron chi connectivity index (χ2n) is 8.00. The zero-order valence-electron chi connectivity index (χ0n) is 17.4. The summed E-state index contributed by atoms with van der Waals surface area (Å²) in [6, 6.07) is 12.9. The van der Waals surface area contributed by atoms with Crippen molar-refractivity contribution in [2.45, 2.75) is 52.7 Å². The van der Waals surface area contributed by atoms with Crippen molar-refractivity contribution in [3.8, 4) is 11.5 Å². The maximum absolute atomic E-state index is 10.7. The Morgan fingerprint density at radius 3 is 1.17 bits per heavy atom. The fourth-order valence-electron chi connectivity index (χ4n) is 2.11. The Bertz CT molecular complexity index is 749. The fourth-order valence-corrected chi connectivity index (χ4v) is 2.11. The molecule has 0 aliphatic carbocycles. The number of rotatable bonds is 4. The van der Waals surface area contributed by atoms with Crippen LogP contribution in [0.1, 0.15) is 62.3 Å². The van der Waals surface area contributed by atoms with Crippen molar-refractivity contribution >= 4 is 11.9 Å². The van der Waals surface area contributed by atoms with Crippen LogP contribution in [0.15, 0.2) is 48.5 Å². The molecule has 0 aromatic heterocycles. The van der Waals surface area contributed by atoms with Crippen LogP contribution < -0.4 is 19.7 Å². The molecular weight excluding hydrogens is 419 g/mol. The van der Waals surface area contributed by atoms with Gasteiger partial charge in [0, 0.05) is 11.1 Å². The number of aromatic carboxylic acids is 2. The number of carbonyl (C=O) groups is 2. The van der Waals surface area contributed by atoms with Crippen molar-refractivity contribution in [1.82, 2.24) is 0 Å². The van der Waals surface area contributed by atoms with Gasteiger partial charge in [-0.1, -0.05) is 24.3 Å². The molecule has 0 unspecified atom stereocenters. The number of carbonyl (C=O) groups excluding carboxylic acids is 2. The van der Waals surface area contributed by atoms with Gasteiger partial charge in [0.05, 0.1) is 11.9 Å². The van der Waals surface area contributed by atoms with E-state index in [4.69, 9.17) is 9.47 Å².